The van der Waals surface area contributed by atoms with Crippen molar-refractivity contribution in [3.05, 3.63) is 23.8 Å². The van der Waals surface area contributed by atoms with E-state index in [4.69, 9.17) is 27.4 Å². The number of rotatable bonds is 8. The molecule has 106 valence electrons. The molecule has 1 aromatic carbocycles. The van der Waals surface area contributed by atoms with Crippen LogP contribution in [0.4, 0.5) is 14.5 Å². The summed E-state index contributed by atoms with van der Waals surface area (Å²) in [4.78, 5) is 0.249. The third kappa shape index (κ3) is 5.35. The second-order valence-corrected chi connectivity index (χ2v) is 4.11. The number of hydrogen-bond donors (Lipinski definition) is 2. The van der Waals surface area contributed by atoms with Gasteiger partial charge >= 0.3 is 0 Å². The van der Waals surface area contributed by atoms with Gasteiger partial charge in [0.15, 0.2) is 0 Å². The third-order valence-corrected chi connectivity index (χ3v) is 2.52. The van der Waals surface area contributed by atoms with E-state index in [1.165, 1.54) is 0 Å². The smallest absolute Gasteiger partial charge is 0.261 e. The van der Waals surface area contributed by atoms with Gasteiger partial charge in [-0.1, -0.05) is 12.2 Å². The molecule has 19 heavy (non-hydrogen) atoms. The van der Waals surface area contributed by atoms with E-state index in [-0.39, 0.29) is 11.6 Å². The highest BCUT2D eigenvalue weighted by molar-refractivity contribution is 7.80. The van der Waals surface area contributed by atoms with Crippen molar-refractivity contribution in [2.24, 2.45) is 5.73 Å². The zero-order valence-corrected chi connectivity index (χ0v) is 11.3. The predicted molar refractivity (Wildman–Crippen MR) is 74.2 cm³/mol. The highest BCUT2D eigenvalue weighted by Crippen LogP contribution is 2.22. The summed E-state index contributed by atoms with van der Waals surface area (Å²) in [6, 6.07) is 5.22. The molecular weight excluding hydrogens is 274 g/mol. The van der Waals surface area contributed by atoms with Crippen LogP contribution in [0.25, 0.3) is 0 Å². The van der Waals surface area contributed by atoms with Gasteiger partial charge in [-0.3, -0.25) is 0 Å². The van der Waals surface area contributed by atoms with Gasteiger partial charge < -0.3 is 20.5 Å². The first-order valence-corrected chi connectivity index (χ1v) is 6.03. The number of methoxy groups -OCH3 is 1. The molecule has 0 aliphatic heterocycles. The third-order valence-electron chi connectivity index (χ3n) is 2.30. The Hall–Kier alpha value is -1.47. The van der Waals surface area contributed by atoms with Crippen LogP contribution in [0.1, 0.15) is 5.56 Å². The molecule has 0 aromatic heterocycles. The zero-order valence-electron chi connectivity index (χ0n) is 10.5. The summed E-state index contributed by atoms with van der Waals surface area (Å²) < 4.78 is 33.6. The molecule has 4 nitrogen and oxygen atoms in total. The van der Waals surface area contributed by atoms with Crippen LogP contribution < -0.4 is 15.8 Å². The van der Waals surface area contributed by atoms with E-state index in [0.29, 0.717) is 23.5 Å². The highest BCUT2D eigenvalue weighted by atomic mass is 32.1. The standard InChI is InChI=1S/C12H16F2N2O2S/c1-17-8-2-3-9(12(15)19)10(6-8)16-4-5-18-7-11(13)14/h2-3,6,11,16H,4-5,7H2,1H3,(H2,15,19). The maximum Gasteiger partial charge on any atom is 0.261 e. The van der Waals surface area contributed by atoms with E-state index in [0.717, 1.165) is 0 Å². The van der Waals surface area contributed by atoms with Crippen LogP contribution in [0.15, 0.2) is 18.2 Å². The average molecular weight is 290 g/mol. The summed E-state index contributed by atoms with van der Waals surface area (Å²) in [7, 11) is 1.55. The Bertz CT molecular complexity index is 430. The van der Waals surface area contributed by atoms with Gasteiger partial charge in [-0.25, -0.2) is 8.78 Å². The fourth-order valence-corrected chi connectivity index (χ4v) is 1.62. The van der Waals surface area contributed by atoms with Crippen LogP contribution in [0, 0.1) is 0 Å². The molecule has 0 radical (unpaired) electrons. The molecule has 0 saturated carbocycles. The van der Waals surface area contributed by atoms with E-state index >= 15 is 0 Å². The van der Waals surface area contributed by atoms with Crippen molar-refractivity contribution in [3.63, 3.8) is 0 Å². The summed E-state index contributed by atoms with van der Waals surface area (Å²) in [6.45, 7) is -0.0320. The molecule has 0 aliphatic carbocycles. The van der Waals surface area contributed by atoms with E-state index < -0.39 is 13.0 Å². The first-order chi connectivity index (χ1) is 9.04. The van der Waals surface area contributed by atoms with Gasteiger partial charge in [-0.05, 0) is 12.1 Å². The SMILES string of the molecule is COc1ccc(C(N)=S)c(NCCOCC(F)F)c1. The Balaban J connectivity index is 2.57. The fraction of sp³-hybridized carbons (Fsp3) is 0.417. The molecule has 0 unspecified atom stereocenters. The molecule has 0 saturated heterocycles. The van der Waals surface area contributed by atoms with Crippen LogP contribution >= 0.6 is 12.2 Å². The van der Waals surface area contributed by atoms with Crippen molar-refractivity contribution in [1.29, 1.82) is 0 Å². The predicted octanol–water partition coefficient (Wildman–Crippen LogP) is 2.02. The molecule has 0 aliphatic rings. The Morgan fingerprint density at radius 3 is 2.79 bits per heavy atom. The van der Waals surface area contributed by atoms with Crippen LogP contribution in [-0.2, 0) is 4.74 Å². The number of nitrogens with two attached hydrogens (primary N) is 1. The topological polar surface area (TPSA) is 56.5 Å². The number of ether oxygens (including phenoxy) is 2. The summed E-state index contributed by atoms with van der Waals surface area (Å²) in [5.74, 6) is 0.649. The minimum atomic E-state index is -2.45. The Kier molecular flexibility index (Phi) is 6.44. The summed E-state index contributed by atoms with van der Waals surface area (Å²) >= 11 is 4.93. The quantitative estimate of drug-likeness (QED) is 0.567. The van der Waals surface area contributed by atoms with Crippen molar-refractivity contribution >= 4 is 22.9 Å². The van der Waals surface area contributed by atoms with Gasteiger partial charge in [-0.2, -0.15) is 0 Å². The molecule has 0 amide bonds. The van der Waals surface area contributed by atoms with Gasteiger partial charge in [0.25, 0.3) is 6.43 Å². The normalized spacial score (nSPS) is 10.5. The largest absolute Gasteiger partial charge is 0.497 e. The number of nitrogens with one attached hydrogen (secondary N) is 1. The minimum absolute atomic E-state index is 0.165. The van der Waals surface area contributed by atoms with Gasteiger partial charge in [0, 0.05) is 23.9 Å². The lowest BCUT2D eigenvalue weighted by molar-refractivity contribution is 0.0215. The van der Waals surface area contributed by atoms with Gasteiger partial charge in [0.2, 0.25) is 0 Å². The van der Waals surface area contributed by atoms with Crippen molar-refractivity contribution in [3.8, 4) is 5.75 Å². The van der Waals surface area contributed by atoms with Crippen molar-refractivity contribution in [1.82, 2.24) is 0 Å². The maximum absolute atomic E-state index is 11.9. The number of anilines is 1. The van der Waals surface area contributed by atoms with Crippen LogP contribution in [0.5, 0.6) is 5.75 Å². The second kappa shape index (κ2) is 7.85. The lowest BCUT2D eigenvalue weighted by atomic mass is 10.1. The fourth-order valence-electron chi connectivity index (χ4n) is 1.44. The van der Waals surface area contributed by atoms with Crippen molar-refractivity contribution in [2.75, 3.05) is 32.2 Å². The zero-order chi connectivity index (χ0) is 14.3. The van der Waals surface area contributed by atoms with E-state index in [9.17, 15) is 8.78 Å². The first kappa shape index (κ1) is 15.6. The van der Waals surface area contributed by atoms with E-state index in [1.54, 1.807) is 25.3 Å². The summed E-state index contributed by atoms with van der Waals surface area (Å²) in [5, 5.41) is 3.03. The van der Waals surface area contributed by atoms with E-state index in [1.807, 2.05) is 0 Å². The highest BCUT2D eigenvalue weighted by Gasteiger charge is 2.07. The lowest BCUT2D eigenvalue weighted by Crippen LogP contribution is -2.17. The van der Waals surface area contributed by atoms with Crippen LogP contribution in [-0.4, -0.2) is 38.3 Å². The second-order valence-electron chi connectivity index (χ2n) is 3.67. The number of hydrogen-bond acceptors (Lipinski definition) is 4. The molecule has 1 rings (SSSR count). The van der Waals surface area contributed by atoms with Crippen molar-refractivity contribution in [2.45, 2.75) is 6.43 Å². The molecule has 3 N–H and O–H groups in total. The number of thiocarbonyl (C=S) groups is 1. The number of alkyl halides is 2. The Morgan fingerprint density at radius 2 is 2.21 bits per heavy atom. The summed E-state index contributed by atoms with van der Waals surface area (Å²) in [6.07, 6.45) is -2.45. The van der Waals surface area contributed by atoms with Gasteiger partial charge in [0.1, 0.15) is 17.3 Å². The Morgan fingerprint density at radius 1 is 1.47 bits per heavy atom. The van der Waals surface area contributed by atoms with Gasteiger partial charge in [-0.15, -0.1) is 0 Å². The molecule has 0 atom stereocenters. The van der Waals surface area contributed by atoms with Crippen LogP contribution in [0.2, 0.25) is 0 Å². The molecule has 7 heteroatoms. The van der Waals surface area contributed by atoms with Gasteiger partial charge in [0.05, 0.1) is 13.7 Å². The molecule has 0 fully saturated rings. The molecular formula is C12H16F2N2O2S. The number of benzene rings is 1. The molecule has 0 bridgehead atoms. The van der Waals surface area contributed by atoms with E-state index in [2.05, 4.69) is 5.32 Å². The minimum Gasteiger partial charge on any atom is -0.497 e. The van der Waals surface area contributed by atoms with Crippen molar-refractivity contribution < 1.29 is 18.3 Å². The molecule has 0 heterocycles. The first-order valence-electron chi connectivity index (χ1n) is 5.62. The Labute approximate surface area is 115 Å². The monoisotopic (exact) mass is 290 g/mol. The molecule has 1 aromatic rings. The van der Waals surface area contributed by atoms with Crippen LogP contribution in [0.3, 0.4) is 0 Å². The average Bonchev–Trinajstić information content (AvgIpc) is 2.37. The lowest BCUT2D eigenvalue weighted by Gasteiger charge is -2.13. The summed E-state index contributed by atoms with van der Waals surface area (Å²) in [5.41, 5.74) is 6.95. The molecule has 0 spiro atoms. The maximum atomic E-state index is 11.9. The number of halogens is 2.